The molecular formula is C46H56N2Pb2S2. The molecule has 0 heterocycles. The molecule has 0 spiro atoms. The van der Waals surface area contributed by atoms with Gasteiger partial charge in [0.15, 0.2) is 0 Å². The van der Waals surface area contributed by atoms with Crippen LogP contribution in [0.5, 0.6) is 0 Å². The summed E-state index contributed by atoms with van der Waals surface area (Å²) in [6.45, 7) is 14.0. The van der Waals surface area contributed by atoms with E-state index >= 15 is 0 Å². The van der Waals surface area contributed by atoms with Gasteiger partial charge in [0.25, 0.3) is 0 Å². The van der Waals surface area contributed by atoms with Crippen LogP contribution in [0.3, 0.4) is 0 Å². The molecule has 0 aliphatic heterocycles. The number of allylic oxidation sites excluding steroid dienone is 11. The Kier molecular flexibility index (Phi) is 15.5. The molecular weight excluding hydrogens is 1060 g/mol. The van der Waals surface area contributed by atoms with E-state index in [2.05, 4.69) is 183 Å². The molecule has 0 saturated carbocycles. The standard InChI is InChI=1S/C46H56N2S2.2Pb/c1-12-32(42-25-24-41(48(10)11)31-43(42)50)16-18-35-14-13-15-36(19-17-34(26-27-49)33-20-22-40(23-21-33)47(8)9)44(35)37-28-38(45(2,3)4)30-39(29-37)46(5,6)7;;/h12,16-20,22-31,49-50H,1,13-15H2,2-11H3;;/b18-16+,27-26-,32-12-,34-17+,36-19+;;. The fraction of sp³-hybridized carbons (Fsp3) is 0.348. The van der Waals surface area contributed by atoms with Gasteiger partial charge in [-0.25, -0.2) is 0 Å². The normalized spacial score (nSPS) is 15.8. The van der Waals surface area contributed by atoms with E-state index in [0.29, 0.717) is 0 Å². The van der Waals surface area contributed by atoms with Crippen LogP contribution in [0.1, 0.15) is 88.6 Å². The Bertz CT molecular complexity index is 1910. The van der Waals surface area contributed by atoms with Gasteiger partial charge in [-0.05, 0) is 0 Å². The van der Waals surface area contributed by atoms with Crippen LogP contribution in [-0.4, -0.2) is 79.7 Å². The first-order valence-corrected chi connectivity index (χ1v) is 23.8. The second kappa shape index (κ2) is 18.7. The average molecular weight is 1120 g/mol. The summed E-state index contributed by atoms with van der Waals surface area (Å²) in [6.07, 6.45) is 17.2. The molecule has 6 heteroatoms. The number of hydrogen-bond donors (Lipinski definition) is 2. The van der Waals surface area contributed by atoms with Gasteiger partial charge in [0.05, 0.1) is 0 Å². The van der Waals surface area contributed by atoms with Crippen molar-refractivity contribution < 1.29 is 0 Å². The summed E-state index contributed by atoms with van der Waals surface area (Å²) in [7, 11) is 8.37. The fourth-order valence-corrected chi connectivity index (χ4v) is 9.26. The molecule has 3 aromatic rings. The monoisotopic (exact) mass is 1120 g/mol. The zero-order chi connectivity index (χ0) is 38.4. The van der Waals surface area contributed by atoms with Crippen LogP contribution in [0.2, 0.25) is 3.98 Å². The summed E-state index contributed by atoms with van der Waals surface area (Å²) in [6, 6.07) is 20.8. The third-order valence-corrected chi connectivity index (χ3v) is 12.6. The summed E-state index contributed by atoms with van der Waals surface area (Å²) < 4.78 is 2.48. The first kappa shape index (κ1) is 43.0. The molecule has 0 unspecified atom stereocenters. The van der Waals surface area contributed by atoms with E-state index in [4.69, 9.17) is 12.6 Å². The van der Waals surface area contributed by atoms with Gasteiger partial charge in [-0.2, -0.15) is 0 Å². The molecule has 270 valence electrons. The number of thiol groups is 2. The zero-order valence-electron chi connectivity index (χ0n) is 32.9. The summed E-state index contributed by atoms with van der Waals surface area (Å²) >= 11 is 11.6. The van der Waals surface area contributed by atoms with E-state index in [1.165, 1.54) is 64.5 Å². The van der Waals surface area contributed by atoms with Gasteiger partial charge >= 0.3 is 362 Å². The van der Waals surface area contributed by atoms with Crippen LogP contribution in [0.15, 0.2) is 113 Å². The van der Waals surface area contributed by atoms with Crippen molar-refractivity contribution in [3.63, 3.8) is 0 Å². The van der Waals surface area contributed by atoms with Gasteiger partial charge in [-0.1, -0.05) is 0 Å². The van der Waals surface area contributed by atoms with Gasteiger partial charge < -0.3 is 0 Å². The number of nitrogens with zero attached hydrogens (tertiary/aromatic N) is 2. The molecule has 1 aliphatic rings. The van der Waals surface area contributed by atoms with E-state index < -0.39 is 0 Å². The Morgan fingerprint density at radius 3 is 1.88 bits per heavy atom. The average Bonchev–Trinajstić information content (AvgIpc) is 3.07. The summed E-state index contributed by atoms with van der Waals surface area (Å²) in [5, 5.41) is 1.87. The van der Waals surface area contributed by atoms with Crippen LogP contribution in [0, 0.1) is 0 Å². The summed E-state index contributed by atoms with van der Waals surface area (Å²) in [4.78, 5) is 5.32. The van der Waals surface area contributed by atoms with Crippen molar-refractivity contribution in [2.45, 2.75) is 80.5 Å². The van der Waals surface area contributed by atoms with Gasteiger partial charge in [-0.3, -0.25) is 0 Å². The third kappa shape index (κ3) is 11.2. The Morgan fingerprint density at radius 1 is 0.769 bits per heavy atom. The van der Waals surface area contributed by atoms with Crippen LogP contribution in [-0.2, 0) is 10.8 Å². The quantitative estimate of drug-likeness (QED) is 0.119. The third-order valence-electron chi connectivity index (χ3n) is 9.63. The number of rotatable bonds is 10. The maximum atomic E-state index is 4.97. The first-order valence-electron chi connectivity index (χ1n) is 18.1. The maximum absolute atomic E-state index is 4.97. The molecule has 4 rings (SSSR count). The van der Waals surface area contributed by atoms with E-state index in [9.17, 15) is 0 Å². The van der Waals surface area contributed by atoms with Crippen molar-refractivity contribution in [1.82, 2.24) is 0 Å². The van der Waals surface area contributed by atoms with Crippen molar-refractivity contribution in [3.8, 4) is 0 Å². The second-order valence-corrected chi connectivity index (χ2v) is 20.6. The molecule has 0 aromatic heterocycles. The second-order valence-electron chi connectivity index (χ2n) is 16.1. The van der Waals surface area contributed by atoms with Crippen molar-refractivity contribution in [2.75, 3.05) is 38.0 Å². The van der Waals surface area contributed by atoms with E-state index in [1.54, 1.807) is 0 Å². The predicted molar refractivity (Wildman–Crippen MR) is 241 cm³/mol. The van der Waals surface area contributed by atoms with Crippen LogP contribution >= 0.6 is 25.3 Å². The van der Waals surface area contributed by atoms with Crippen LogP contribution < -0.4 is 12.9 Å². The van der Waals surface area contributed by atoms with Crippen molar-refractivity contribution in [2.24, 2.45) is 0 Å². The van der Waals surface area contributed by atoms with Gasteiger partial charge in [0, 0.05) is 0 Å². The van der Waals surface area contributed by atoms with E-state index in [0.717, 1.165) is 85.4 Å². The Balaban J connectivity index is 1.98. The van der Waals surface area contributed by atoms with Crippen LogP contribution in [0.4, 0.5) is 11.4 Å². The molecule has 0 bridgehead atoms. The summed E-state index contributed by atoms with van der Waals surface area (Å²) in [5.41, 5.74) is 15.6. The Labute approximate surface area is 358 Å². The topological polar surface area (TPSA) is 6.48 Å². The van der Waals surface area contributed by atoms with E-state index in [-0.39, 0.29) is 10.8 Å². The van der Waals surface area contributed by atoms with E-state index in [1.807, 2.05) is 5.41 Å². The molecule has 3 aromatic carbocycles. The minimum atomic E-state index is 0.0261. The predicted octanol–water partition coefficient (Wildman–Crippen LogP) is 11.1. The number of anilines is 2. The Hall–Kier alpha value is -1.76. The van der Waals surface area contributed by atoms with Gasteiger partial charge in [0.1, 0.15) is 0 Å². The van der Waals surface area contributed by atoms with Crippen molar-refractivity contribution in [3.05, 3.63) is 135 Å². The zero-order valence-corrected chi connectivity index (χ0v) is 42.4. The molecule has 6 radical (unpaired) electrons. The molecule has 0 saturated heterocycles. The minimum absolute atomic E-state index is 0.0261. The van der Waals surface area contributed by atoms with Crippen molar-refractivity contribution >= 4 is 108 Å². The molecule has 0 fully saturated rings. The first-order chi connectivity index (χ1) is 24.4. The molecule has 1 aliphatic carbocycles. The number of hydrogen-bond acceptors (Lipinski definition) is 4. The Morgan fingerprint density at radius 2 is 1.37 bits per heavy atom. The van der Waals surface area contributed by atoms with Crippen molar-refractivity contribution in [1.29, 1.82) is 0 Å². The fourth-order valence-electron chi connectivity index (χ4n) is 6.45. The SMILES string of the molecule is CN(C)c1ccc(C(=C\[CH2][Pb])/C=C/C2=C(c3cc(C(C)(C)C)cc(C(C)(C)C)c3)C(=C/C=C(\C=C/S)c3ccc(N(C)C)c[c]3[Pb])/CCC2)c(S)c1. The number of benzene rings is 3. The van der Waals surface area contributed by atoms with Crippen LogP contribution in [0.25, 0.3) is 16.7 Å². The molecule has 52 heavy (non-hydrogen) atoms. The van der Waals surface area contributed by atoms with Gasteiger partial charge in [0.2, 0.25) is 0 Å². The molecule has 2 nitrogen and oxygen atoms in total. The molecule has 0 atom stereocenters. The van der Waals surface area contributed by atoms with Gasteiger partial charge in [-0.15, -0.1) is 0 Å². The molecule has 0 N–H and O–H groups in total. The molecule has 0 amide bonds. The summed E-state index contributed by atoms with van der Waals surface area (Å²) in [5.74, 6) is 0.